The molecule has 0 aliphatic heterocycles. The van der Waals surface area contributed by atoms with Gasteiger partial charge < -0.3 is 14.4 Å². The van der Waals surface area contributed by atoms with Gasteiger partial charge in [0, 0.05) is 18.9 Å². The first kappa shape index (κ1) is 20.7. The van der Waals surface area contributed by atoms with Crippen LogP contribution < -0.4 is 5.32 Å². The van der Waals surface area contributed by atoms with Gasteiger partial charge in [0.15, 0.2) is 0 Å². The largest absolute Gasteiger partial charge is 0.360 e. The normalized spacial score (nSPS) is 11.0. The number of imidazole rings is 1. The van der Waals surface area contributed by atoms with Gasteiger partial charge in [-0.05, 0) is 43.7 Å². The van der Waals surface area contributed by atoms with Gasteiger partial charge in [0.05, 0.1) is 16.3 Å². The SMILES string of the molecule is Cc1onc(-c2c(F)cccc2Cl)c1C(=O)NCc1ccc(-n2ccnc2C)c(F)c1. The first-order chi connectivity index (χ1) is 14.9. The summed E-state index contributed by atoms with van der Waals surface area (Å²) in [5.41, 5.74) is 0.967. The summed E-state index contributed by atoms with van der Waals surface area (Å²) in [5, 5.41) is 6.62. The van der Waals surface area contributed by atoms with Crippen molar-refractivity contribution in [1.29, 1.82) is 0 Å². The highest BCUT2D eigenvalue weighted by atomic mass is 35.5. The van der Waals surface area contributed by atoms with E-state index < -0.39 is 17.5 Å². The maximum absolute atomic E-state index is 14.6. The molecule has 0 saturated heterocycles. The highest BCUT2D eigenvalue weighted by Gasteiger charge is 2.25. The lowest BCUT2D eigenvalue weighted by Gasteiger charge is -2.10. The summed E-state index contributed by atoms with van der Waals surface area (Å²) in [6, 6.07) is 8.83. The van der Waals surface area contributed by atoms with Crippen molar-refractivity contribution in [2.75, 3.05) is 0 Å². The van der Waals surface area contributed by atoms with Gasteiger partial charge in [0.25, 0.3) is 5.91 Å². The van der Waals surface area contributed by atoms with Crippen LogP contribution in [0.15, 0.2) is 53.3 Å². The van der Waals surface area contributed by atoms with E-state index in [0.29, 0.717) is 17.1 Å². The van der Waals surface area contributed by atoms with E-state index in [-0.39, 0.29) is 34.1 Å². The second-order valence-electron chi connectivity index (χ2n) is 6.87. The minimum atomic E-state index is -0.623. The standard InChI is InChI=1S/C22H17ClF2N4O2/c1-12-19(21(28-31-12)20-15(23)4-3-5-16(20)24)22(30)27-11-14-6-7-18(17(25)10-14)29-9-8-26-13(29)2/h3-10H,11H2,1-2H3,(H,27,30). The number of nitrogens with one attached hydrogen (secondary N) is 1. The quantitative estimate of drug-likeness (QED) is 0.471. The maximum atomic E-state index is 14.6. The van der Waals surface area contributed by atoms with Gasteiger partial charge in [0.1, 0.15) is 34.5 Å². The Morgan fingerprint density at radius 3 is 2.68 bits per heavy atom. The molecule has 0 saturated carbocycles. The monoisotopic (exact) mass is 442 g/mol. The van der Waals surface area contributed by atoms with Crippen molar-refractivity contribution in [3.63, 3.8) is 0 Å². The zero-order chi connectivity index (χ0) is 22.1. The van der Waals surface area contributed by atoms with Crippen LogP contribution in [0, 0.1) is 25.5 Å². The fourth-order valence-electron chi connectivity index (χ4n) is 3.29. The molecule has 2 aromatic carbocycles. The Labute approximate surface area is 181 Å². The second kappa shape index (κ2) is 8.31. The molecule has 2 heterocycles. The van der Waals surface area contributed by atoms with Gasteiger partial charge in [-0.15, -0.1) is 0 Å². The Kier molecular flexibility index (Phi) is 5.56. The first-order valence-corrected chi connectivity index (χ1v) is 9.72. The fourth-order valence-corrected chi connectivity index (χ4v) is 3.55. The number of hydrogen-bond donors (Lipinski definition) is 1. The average Bonchev–Trinajstić information content (AvgIpc) is 3.32. The van der Waals surface area contributed by atoms with Gasteiger partial charge in [-0.1, -0.05) is 28.9 Å². The summed E-state index contributed by atoms with van der Waals surface area (Å²) in [5.74, 6) is -0.746. The molecule has 9 heteroatoms. The Balaban J connectivity index is 1.56. The number of halogens is 3. The molecule has 0 bridgehead atoms. The number of aryl methyl sites for hydroxylation is 2. The number of rotatable bonds is 5. The Morgan fingerprint density at radius 1 is 1.19 bits per heavy atom. The zero-order valence-electron chi connectivity index (χ0n) is 16.6. The van der Waals surface area contributed by atoms with Crippen LogP contribution in [0.25, 0.3) is 16.9 Å². The van der Waals surface area contributed by atoms with Gasteiger partial charge in [0.2, 0.25) is 0 Å². The van der Waals surface area contributed by atoms with Crippen molar-refractivity contribution in [3.8, 4) is 16.9 Å². The van der Waals surface area contributed by atoms with Gasteiger partial charge in [-0.2, -0.15) is 0 Å². The molecule has 0 atom stereocenters. The summed E-state index contributed by atoms with van der Waals surface area (Å²) in [7, 11) is 0. The van der Waals surface area contributed by atoms with Crippen molar-refractivity contribution in [3.05, 3.63) is 88.2 Å². The van der Waals surface area contributed by atoms with E-state index in [1.165, 1.54) is 24.3 Å². The van der Waals surface area contributed by atoms with Crippen molar-refractivity contribution in [2.45, 2.75) is 20.4 Å². The molecule has 6 nitrogen and oxygen atoms in total. The minimum absolute atomic E-state index is 0.00946. The molecule has 2 aromatic heterocycles. The third kappa shape index (κ3) is 3.94. The molecular weight excluding hydrogens is 426 g/mol. The topological polar surface area (TPSA) is 73.0 Å². The molecule has 4 aromatic rings. The van der Waals surface area contributed by atoms with Crippen LogP contribution in [-0.2, 0) is 6.54 Å². The lowest BCUT2D eigenvalue weighted by atomic mass is 10.0. The van der Waals surface area contributed by atoms with E-state index in [4.69, 9.17) is 16.1 Å². The van der Waals surface area contributed by atoms with Crippen molar-refractivity contribution in [1.82, 2.24) is 20.0 Å². The average molecular weight is 443 g/mol. The van der Waals surface area contributed by atoms with E-state index >= 15 is 0 Å². The number of carbonyl (C=O) groups excluding carboxylic acids is 1. The highest BCUT2D eigenvalue weighted by molar-refractivity contribution is 6.33. The molecule has 1 N–H and O–H groups in total. The fraction of sp³-hybridized carbons (Fsp3) is 0.136. The minimum Gasteiger partial charge on any atom is -0.360 e. The molecule has 0 aliphatic carbocycles. The Morgan fingerprint density at radius 2 is 2.00 bits per heavy atom. The van der Waals surface area contributed by atoms with Crippen LogP contribution in [0.5, 0.6) is 0 Å². The number of carbonyl (C=O) groups is 1. The number of nitrogens with zero attached hydrogens (tertiary/aromatic N) is 3. The highest BCUT2D eigenvalue weighted by Crippen LogP contribution is 2.33. The van der Waals surface area contributed by atoms with Gasteiger partial charge in [-0.3, -0.25) is 4.79 Å². The molecule has 0 spiro atoms. The number of hydrogen-bond acceptors (Lipinski definition) is 4. The van der Waals surface area contributed by atoms with E-state index in [2.05, 4.69) is 15.5 Å². The number of benzene rings is 2. The first-order valence-electron chi connectivity index (χ1n) is 9.34. The third-order valence-electron chi connectivity index (χ3n) is 4.84. The molecule has 31 heavy (non-hydrogen) atoms. The third-order valence-corrected chi connectivity index (χ3v) is 5.15. The Hall–Kier alpha value is -3.52. The summed E-state index contributed by atoms with van der Waals surface area (Å²) in [4.78, 5) is 16.9. The van der Waals surface area contributed by atoms with E-state index in [1.807, 2.05) is 0 Å². The maximum Gasteiger partial charge on any atom is 0.257 e. The number of amides is 1. The smallest absolute Gasteiger partial charge is 0.257 e. The predicted molar refractivity (Wildman–Crippen MR) is 111 cm³/mol. The van der Waals surface area contributed by atoms with E-state index in [9.17, 15) is 13.6 Å². The zero-order valence-corrected chi connectivity index (χ0v) is 17.4. The van der Waals surface area contributed by atoms with Crippen LogP contribution in [-0.4, -0.2) is 20.6 Å². The van der Waals surface area contributed by atoms with Crippen LogP contribution in [0.1, 0.15) is 27.5 Å². The number of aromatic nitrogens is 3. The summed E-state index contributed by atoms with van der Waals surface area (Å²) >= 11 is 6.11. The molecule has 158 valence electrons. The van der Waals surface area contributed by atoms with Crippen LogP contribution >= 0.6 is 11.6 Å². The van der Waals surface area contributed by atoms with Gasteiger partial charge in [-0.25, -0.2) is 13.8 Å². The van der Waals surface area contributed by atoms with E-state index in [1.54, 1.807) is 42.9 Å². The molecule has 0 unspecified atom stereocenters. The molecular formula is C22H17ClF2N4O2. The van der Waals surface area contributed by atoms with Crippen LogP contribution in [0.2, 0.25) is 5.02 Å². The van der Waals surface area contributed by atoms with Crippen LogP contribution in [0.3, 0.4) is 0 Å². The van der Waals surface area contributed by atoms with Crippen LogP contribution in [0.4, 0.5) is 8.78 Å². The lowest BCUT2D eigenvalue weighted by molar-refractivity contribution is 0.0950. The summed E-state index contributed by atoms with van der Waals surface area (Å²) < 4.78 is 35.7. The summed E-state index contributed by atoms with van der Waals surface area (Å²) in [6.07, 6.45) is 3.25. The predicted octanol–water partition coefficient (Wildman–Crippen LogP) is 5.01. The van der Waals surface area contributed by atoms with E-state index in [0.717, 1.165) is 0 Å². The molecule has 0 fully saturated rings. The molecule has 4 rings (SSSR count). The van der Waals surface area contributed by atoms with Crippen molar-refractivity contribution in [2.24, 2.45) is 0 Å². The molecule has 0 aliphatic rings. The van der Waals surface area contributed by atoms with Crippen molar-refractivity contribution >= 4 is 17.5 Å². The molecule has 1 amide bonds. The second-order valence-corrected chi connectivity index (χ2v) is 7.28. The lowest BCUT2D eigenvalue weighted by Crippen LogP contribution is -2.24. The summed E-state index contributed by atoms with van der Waals surface area (Å²) in [6.45, 7) is 3.37. The molecule has 0 radical (unpaired) electrons. The van der Waals surface area contributed by atoms with Gasteiger partial charge >= 0.3 is 0 Å². The van der Waals surface area contributed by atoms with Crippen molar-refractivity contribution < 1.29 is 18.1 Å². The Bertz CT molecular complexity index is 1260.